The van der Waals surface area contributed by atoms with Crippen molar-refractivity contribution >= 4 is 0 Å². The van der Waals surface area contributed by atoms with Crippen molar-refractivity contribution in [2.24, 2.45) is 22.7 Å². The lowest BCUT2D eigenvalue weighted by Gasteiger charge is -2.46. The molecule has 0 radical (unpaired) electrons. The maximum absolute atomic E-state index is 2.45. The molecule has 98 valence electrons. The van der Waals surface area contributed by atoms with Crippen molar-refractivity contribution in [3.63, 3.8) is 0 Å². The highest BCUT2D eigenvalue weighted by Gasteiger charge is 2.39. The zero-order valence-corrected chi connectivity index (χ0v) is 13.0. The predicted octanol–water partition coefficient (Wildman–Crippen LogP) is 5.91. The van der Waals surface area contributed by atoms with Crippen LogP contribution in [-0.4, -0.2) is 0 Å². The highest BCUT2D eigenvalue weighted by molar-refractivity contribution is 4.88. The molecule has 0 saturated heterocycles. The lowest BCUT2D eigenvalue weighted by Crippen LogP contribution is -2.37. The SMILES string of the molecule is CCC(C(CC)C(C)(C)CC)C(C)(C)CC. The van der Waals surface area contributed by atoms with Crippen LogP contribution in [0.3, 0.4) is 0 Å². The maximum atomic E-state index is 2.45. The van der Waals surface area contributed by atoms with Crippen LogP contribution in [-0.2, 0) is 0 Å². The molecule has 0 aliphatic carbocycles. The molecule has 2 atom stereocenters. The molecule has 0 saturated carbocycles. The van der Waals surface area contributed by atoms with Gasteiger partial charge in [0.25, 0.3) is 0 Å². The number of hydrogen-bond donors (Lipinski definition) is 0. The molecular formula is C16H34. The largest absolute Gasteiger partial charge is 0.0651 e. The Morgan fingerprint density at radius 2 is 0.875 bits per heavy atom. The van der Waals surface area contributed by atoms with E-state index < -0.39 is 0 Å². The Bertz CT molecular complexity index is 166. The van der Waals surface area contributed by atoms with Gasteiger partial charge in [0.05, 0.1) is 0 Å². The monoisotopic (exact) mass is 226 g/mol. The van der Waals surface area contributed by atoms with Crippen molar-refractivity contribution in [3.05, 3.63) is 0 Å². The lowest BCUT2D eigenvalue weighted by atomic mass is 9.60. The van der Waals surface area contributed by atoms with Crippen LogP contribution < -0.4 is 0 Å². The summed E-state index contributed by atoms with van der Waals surface area (Å²) in [5.74, 6) is 1.72. The van der Waals surface area contributed by atoms with Gasteiger partial charge in [-0.3, -0.25) is 0 Å². The van der Waals surface area contributed by atoms with Gasteiger partial charge >= 0.3 is 0 Å². The molecule has 0 rings (SSSR count). The summed E-state index contributed by atoms with van der Waals surface area (Å²) in [5, 5.41) is 0. The van der Waals surface area contributed by atoms with Crippen molar-refractivity contribution in [3.8, 4) is 0 Å². The highest BCUT2D eigenvalue weighted by Crippen LogP contribution is 2.47. The first kappa shape index (κ1) is 16.0. The molecule has 0 aromatic rings. The summed E-state index contributed by atoms with van der Waals surface area (Å²) < 4.78 is 0. The lowest BCUT2D eigenvalue weighted by molar-refractivity contribution is 0.0389. The van der Waals surface area contributed by atoms with Gasteiger partial charge in [0.15, 0.2) is 0 Å². The Morgan fingerprint density at radius 1 is 0.625 bits per heavy atom. The van der Waals surface area contributed by atoms with Crippen LogP contribution in [0.4, 0.5) is 0 Å². The predicted molar refractivity (Wildman–Crippen MR) is 75.7 cm³/mol. The molecule has 0 heterocycles. The van der Waals surface area contributed by atoms with E-state index in [2.05, 4.69) is 55.4 Å². The quantitative estimate of drug-likeness (QED) is 0.506. The van der Waals surface area contributed by atoms with E-state index in [9.17, 15) is 0 Å². The molecule has 0 amide bonds. The fourth-order valence-corrected chi connectivity index (χ4v) is 3.29. The highest BCUT2D eigenvalue weighted by atomic mass is 14.4. The average molecular weight is 226 g/mol. The van der Waals surface area contributed by atoms with Gasteiger partial charge in [-0.2, -0.15) is 0 Å². The van der Waals surface area contributed by atoms with E-state index in [0.717, 1.165) is 11.8 Å². The van der Waals surface area contributed by atoms with E-state index in [4.69, 9.17) is 0 Å². The minimum Gasteiger partial charge on any atom is -0.0651 e. The molecule has 0 spiro atoms. The summed E-state index contributed by atoms with van der Waals surface area (Å²) in [6.45, 7) is 19.2. The topological polar surface area (TPSA) is 0 Å². The van der Waals surface area contributed by atoms with E-state index in [0.29, 0.717) is 10.8 Å². The summed E-state index contributed by atoms with van der Waals surface area (Å²) in [6, 6.07) is 0. The van der Waals surface area contributed by atoms with Crippen molar-refractivity contribution in [2.45, 2.75) is 81.1 Å². The second-order valence-corrected chi connectivity index (χ2v) is 6.71. The van der Waals surface area contributed by atoms with Gasteiger partial charge in [-0.1, -0.05) is 81.1 Å². The minimum absolute atomic E-state index is 0.488. The first-order valence-electron chi connectivity index (χ1n) is 7.26. The molecule has 0 aromatic heterocycles. The molecule has 0 bridgehead atoms. The van der Waals surface area contributed by atoms with Gasteiger partial charge in [0.1, 0.15) is 0 Å². The molecule has 0 nitrogen and oxygen atoms in total. The van der Waals surface area contributed by atoms with Gasteiger partial charge in [-0.15, -0.1) is 0 Å². The molecule has 0 heteroatoms. The van der Waals surface area contributed by atoms with Gasteiger partial charge in [0, 0.05) is 0 Å². The third kappa shape index (κ3) is 3.50. The average Bonchev–Trinajstić information content (AvgIpc) is 2.24. The third-order valence-electron chi connectivity index (χ3n) is 5.20. The minimum atomic E-state index is 0.488. The molecule has 0 N–H and O–H groups in total. The Kier molecular flexibility index (Phi) is 6.07. The van der Waals surface area contributed by atoms with E-state index in [1.54, 1.807) is 0 Å². The zero-order valence-electron chi connectivity index (χ0n) is 13.0. The Hall–Kier alpha value is 0. The van der Waals surface area contributed by atoms with E-state index in [-0.39, 0.29) is 0 Å². The second kappa shape index (κ2) is 6.07. The maximum Gasteiger partial charge on any atom is -0.0326 e. The van der Waals surface area contributed by atoms with Gasteiger partial charge in [0.2, 0.25) is 0 Å². The number of hydrogen-bond acceptors (Lipinski definition) is 0. The summed E-state index contributed by atoms with van der Waals surface area (Å²) >= 11 is 0. The molecule has 0 aromatic carbocycles. The van der Waals surface area contributed by atoms with Crippen LogP contribution in [0.5, 0.6) is 0 Å². The molecule has 16 heavy (non-hydrogen) atoms. The fraction of sp³-hybridized carbons (Fsp3) is 1.00. The van der Waals surface area contributed by atoms with Crippen molar-refractivity contribution < 1.29 is 0 Å². The normalized spacial score (nSPS) is 17.2. The van der Waals surface area contributed by atoms with Crippen LogP contribution in [0.2, 0.25) is 0 Å². The zero-order chi connectivity index (χ0) is 13.0. The van der Waals surface area contributed by atoms with E-state index in [1.165, 1.54) is 25.7 Å². The van der Waals surface area contributed by atoms with Crippen molar-refractivity contribution in [1.82, 2.24) is 0 Å². The van der Waals surface area contributed by atoms with Gasteiger partial charge < -0.3 is 0 Å². The van der Waals surface area contributed by atoms with Gasteiger partial charge in [-0.25, -0.2) is 0 Å². The molecule has 2 unspecified atom stereocenters. The van der Waals surface area contributed by atoms with Crippen LogP contribution in [0.25, 0.3) is 0 Å². The van der Waals surface area contributed by atoms with Crippen molar-refractivity contribution in [2.75, 3.05) is 0 Å². The Balaban J connectivity index is 5.05. The second-order valence-electron chi connectivity index (χ2n) is 6.71. The summed E-state index contributed by atoms with van der Waals surface area (Å²) in [5.41, 5.74) is 0.976. The summed E-state index contributed by atoms with van der Waals surface area (Å²) in [6.07, 6.45) is 5.23. The van der Waals surface area contributed by atoms with Crippen LogP contribution in [0.15, 0.2) is 0 Å². The van der Waals surface area contributed by atoms with E-state index >= 15 is 0 Å². The van der Waals surface area contributed by atoms with Crippen LogP contribution >= 0.6 is 0 Å². The fourth-order valence-electron chi connectivity index (χ4n) is 3.29. The molecule has 0 aliphatic heterocycles. The van der Waals surface area contributed by atoms with Crippen LogP contribution in [0, 0.1) is 22.7 Å². The smallest absolute Gasteiger partial charge is 0.0326 e. The molecule has 0 aliphatic rings. The van der Waals surface area contributed by atoms with Gasteiger partial charge in [-0.05, 0) is 22.7 Å². The van der Waals surface area contributed by atoms with Crippen LogP contribution in [0.1, 0.15) is 81.1 Å². The van der Waals surface area contributed by atoms with Crippen molar-refractivity contribution in [1.29, 1.82) is 0 Å². The standard InChI is InChI=1S/C16H34/c1-9-13(15(5,6)11-3)14(10-2)16(7,8)12-4/h13-14H,9-12H2,1-8H3. The number of rotatable bonds is 7. The summed E-state index contributed by atoms with van der Waals surface area (Å²) in [7, 11) is 0. The third-order valence-corrected chi connectivity index (χ3v) is 5.20. The Morgan fingerprint density at radius 3 is 1.00 bits per heavy atom. The summed E-state index contributed by atoms with van der Waals surface area (Å²) in [4.78, 5) is 0. The van der Waals surface area contributed by atoms with E-state index in [1.807, 2.05) is 0 Å². The first-order valence-corrected chi connectivity index (χ1v) is 7.26. The molecular weight excluding hydrogens is 192 g/mol. The Labute approximate surface area is 104 Å². The molecule has 0 fully saturated rings. The first-order chi connectivity index (χ1) is 7.26.